The Morgan fingerprint density at radius 1 is 1.25 bits per heavy atom. The molecule has 4 amide bonds. The highest BCUT2D eigenvalue weighted by Crippen LogP contribution is 2.42. The number of hydrogen-bond acceptors (Lipinski definition) is 4. The lowest BCUT2D eigenvalue weighted by atomic mass is 9.82. The predicted molar refractivity (Wildman–Crippen MR) is 74.3 cm³/mol. The molecule has 1 saturated heterocycles. The van der Waals surface area contributed by atoms with Gasteiger partial charge in [-0.2, -0.15) is 0 Å². The van der Waals surface area contributed by atoms with Crippen molar-refractivity contribution >= 4 is 40.8 Å². The molecule has 5 nitrogen and oxygen atoms in total. The van der Waals surface area contributed by atoms with Gasteiger partial charge in [0.1, 0.15) is 5.41 Å². The van der Waals surface area contributed by atoms with Crippen molar-refractivity contribution < 1.29 is 14.4 Å². The van der Waals surface area contributed by atoms with E-state index in [2.05, 4.69) is 5.32 Å². The van der Waals surface area contributed by atoms with Crippen molar-refractivity contribution in [3.05, 3.63) is 21.3 Å². The van der Waals surface area contributed by atoms with Gasteiger partial charge in [-0.25, -0.2) is 4.79 Å². The van der Waals surface area contributed by atoms with Crippen LogP contribution in [0.4, 0.5) is 4.79 Å². The molecule has 0 unspecified atom stereocenters. The van der Waals surface area contributed by atoms with E-state index in [9.17, 15) is 14.4 Å². The number of nitrogens with one attached hydrogen (secondary N) is 1. The van der Waals surface area contributed by atoms with Crippen LogP contribution in [0.3, 0.4) is 0 Å². The van der Waals surface area contributed by atoms with Crippen molar-refractivity contribution in [2.45, 2.75) is 32.2 Å². The van der Waals surface area contributed by atoms with Crippen LogP contribution in [0.5, 0.6) is 0 Å². The maximum Gasteiger partial charge on any atom is 0.331 e. The third-order valence-corrected chi connectivity index (χ3v) is 5.17. The molecule has 2 heterocycles. The SMILES string of the molecule is O=C1NC(=O)C2(CCCC2)C(=O)N1Cc1ccc(Cl)s1. The highest BCUT2D eigenvalue weighted by atomic mass is 35.5. The Hall–Kier alpha value is -1.40. The van der Waals surface area contributed by atoms with E-state index in [0.717, 1.165) is 22.6 Å². The zero-order chi connectivity index (χ0) is 14.3. The van der Waals surface area contributed by atoms with Crippen LogP contribution in [0.25, 0.3) is 0 Å². The number of barbiturate groups is 1. The minimum atomic E-state index is -1.03. The molecule has 20 heavy (non-hydrogen) atoms. The van der Waals surface area contributed by atoms with E-state index in [1.165, 1.54) is 11.3 Å². The summed E-state index contributed by atoms with van der Waals surface area (Å²) in [6.45, 7) is 0.164. The van der Waals surface area contributed by atoms with Gasteiger partial charge in [0.15, 0.2) is 0 Å². The fraction of sp³-hybridized carbons (Fsp3) is 0.462. The Morgan fingerprint density at radius 2 is 1.95 bits per heavy atom. The number of hydrogen-bond donors (Lipinski definition) is 1. The lowest BCUT2D eigenvalue weighted by molar-refractivity contribution is -0.151. The monoisotopic (exact) mass is 312 g/mol. The molecule has 106 valence electrons. The topological polar surface area (TPSA) is 66.5 Å². The molecular weight excluding hydrogens is 300 g/mol. The van der Waals surface area contributed by atoms with Gasteiger partial charge in [0.05, 0.1) is 10.9 Å². The third-order valence-electron chi connectivity index (χ3n) is 3.95. The summed E-state index contributed by atoms with van der Waals surface area (Å²) in [6, 6.07) is 2.87. The molecule has 2 aliphatic rings. The molecule has 1 spiro atoms. The highest BCUT2D eigenvalue weighted by molar-refractivity contribution is 7.16. The Balaban J connectivity index is 1.88. The van der Waals surface area contributed by atoms with Crippen molar-refractivity contribution in [2.24, 2.45) is 5.41 Å². The van der Waals surface area contributed by atoms with Gasteiger partial charge < -0.3 is 0 Å². The van der Waals surface area contributed by atoms with Crippen molar-refractivity contribution in [1.82, 2.24) is 10.2 Å². The molecule has 0 bridgehead atoms. The summed E-state index contributed by atoms with van der Waals surface area (Å²) in [5.41, 5.74) is -1.03. The number of carbonyl (C=O) groups excluding carboxylic acids is 3. The molecule has 1 aliphatic heterocycles. The summed E-state index contributed by atoms with van der Waals surface area (Å²) in [5.74, 6) is -0.807. The van der Waals surface area contributed by atoms with Crippen molar-refractivity contribution in [3.8, 4) is 0 Å². The molecule has 0 aromatic carbocycles. The lowest BCUT2D eigenvalue weighted by Gasteiger charge is -2.36. The van der Waals surface area contributed by atoms with E-state index in [0.29, 0.717) is 17.2 Å². The summed E-state index contributed by atoms with van der Waals surface area (Å²) < 4.78 is 0.608. The Bertz CT molecular complexity index is 592. The zero-order valence-corrected chi connectivity index (χ0v) is 12.2. The quantitative estimate of drug-likeness (QED) is 0.853. The van der Waals surface area contributed by atoms with Gasteiger partial charge in [-0.3, -0.25) is 19.8 Å². The number of thiophene rings is 1. The van der Waals surface area contributed by atoms with Crippen LogP contribution in [0.2, 0.25) is 4.34 Å². The van der Waals surface area contributed by atoms with Gasteiger partial charge >= 0.3 is 6.03 Å². The normalized spacial score (nSPS) is 21.6. The number of imide groups is 2. The average Bonchev–Trinajstić information content (AvgIpc) is 3.03. The summed E-state index contributed by atoms with van der Waals surface area (Å²) in [4.78, 5) is 38.5. The van der Waals surface area contributed by atoms with Crippen LogP contribution in [-0.4, -0.2) is 22.7 Å². The van der Waals surface area contributed by atoms with Gasteiger partial charge in [-0.1, -0.05) is 24.4 Å². The molecule has 7 heteroatoms. The molecule has 0 radical (unpaired) electrons. The van der Waals surface area contributed by atoms with E-state index in [4.69, 9.17) is 11.6 Å². The summed E-state index contributed by atoms with van der Waals surface area (Å²) in [7, 11) is 0. The van der Waals surface area contributed by atoms with E-state index in [1.807, 2.05) is 0 Å². The highest BCUT2D eigenvalue weighted by Gasteiger charge is 2.54. The largest absolute Gasteiger partial charge is 0.331 e. The number of amides is 4. The Kier molecular flexibility index (Phi) is 3.30. The van der Waals surface area contributed by atoms with Crippen LogP contribution < -0.4 is 5.32 Å². The van der Waals surface area contributed by atoms with Gasteiger partial charge in [-0.05, 0) is 25.0 Å². The van der Waals surface area contributed by atoms with E-state index >= 15 is 0 Å². The molecule has 1 saturated carbocycles. The fourth-order valence-corrected chi connectivity index (χ4v) is 3.96. The Labute approximate surface area is 124 Å². The van der Waals surface area contributed by atoms with Gasteiger partial charge in [0.2, 0.25) is 11.8 Å². The van der Waals surface area contributed by atoms with Crippen LogP contribution in [0, 0.1) is 5.41 Å². The second-order valence-electron chi connectivity index (χ2n) is 5.15. The van der Waals surface area contributed by atoms with Crippen molar-refractivity contribution in [1.29, 1.82) is 0 Å². The smallest absolute Gasteiger partial charge is 0.277 e. The lowest BCUT2D eigenvalue weighted by Crippen LogP contribution is -2.62. The molecule has 2 fully saturated rings. The summed E-state index contributed by atoms with van der Waals surface area (Å²) in [5, 5.41) is 2.32. The minimum Gasteiger partial charge on any atom is -0.277 e. The van der Waals surface area contributed by atoms with Crippen LogP contribution in [-0.2, 0) is 16.1 Å². The number of nitrogens with zero attached hydrogens (tertiary/aromatic N) is 1. The summed E-state index contributed by atoms with van der Waals surface area (Å²) in [6.07, 6.45) is 2.72. The van der Waals surface area contributed by atoms with E-state index < -0.39 is 17.4 Å². The van der Waals surface area contributed by atoms with Crippen LogP contribution in [0.15, 0.2) is 12.1 Å². The average molecular weight is 313 g/mol. The molecule has 3 rings (SSSR count). The molecule has 1 aromatic rings. The third kappa shape index (κ3) is 2.03. The first-order valence-corrected chi connectivity index (χ1v) is 7.64. The zero-order valence-electron chi connectivity index (χ0n) is 10.6. The van der Waals surface area contributed by atoms with Gasteiger partial charge in [-0.15, -0.1) is 11.3 Å². The van der Waals surface area contributed by atoms with E-state index in [-0.39, 0.29) is 12.5 Å². The maximum absolute atomic E-state index is 12.6. The van der Waals surface area contributed by atoms with Gasteiger partial charge in [0.25, 0.3) is 0 Å². The molecule has 1 aliphatic carbocycles. The van der Waals surface area contributed by atoms with E-state index in [1.54, 1.807) is 12.1 Å². The minimum absolute atomic E-state index is 0.164. The number of rotatable bonds is 2. The second-order valence-corrected chi connectivity index (χ2v) is 6.95. The first kappa shape index (κ1) is 13.6. The maximum atomic E-state index is 12.6. The second kappa shape index (κ2) is 4.86. The fourth-order valence-electron chi connectivity index (χ4n) is 2.89. The van der Waals surface area contributed by atoms with Crippen molar-refractivity contribution in [3.63, 3.8) is 0 Å². The molecule has 1 aromatic heterocycles. The Morgan fingerprint density at radius 3 is 2.55 bits per heavy atom. The number of carbonyl (C=O) groups is 3. The summed E-state index contributed by atoms with van der Waals surface area (Å²) >= 11 is 7.18. The molecule has 0 atom stereocenters. The molecular formula is C13H13ClN2O3S. The standard InChI is InChI=1S/C13H13ClN2O3S/c14-9-4-3-8(20-9)7-16-11(18)13(5-1-2-6-13)10(17)15-12(16)19/h3-4H,1-2,5-7H2,(H,15,17,19). The van der Waals surface area contributed by atoms with Gasteiger partial charge in [0, 0.05) is 4.88 Å². The molecule has 1 N–H and O–H groups in total. The number of urea groups is 1. The first-order valence-electron chi connectivity index (χ1n) is 6.44. The van der Waals surface area contributed by atoms with Crippen LogP contribution in [0.1, 0.15) is 30.6 Å². The van der Waals surface area contributed by atoms with Crippen molar-refractivity contribution in [2.75, 3.05) is 0 Å². The number of halogens is 1. The first-order chi connectivity index (χ1) is 9.53. The van der Waals surface area contributed by atoms with Crippen LogP contribution >= 0.6 is 22.9 Å². The predicted octanol–water partition coefficient (Wildman–Crippen LogP) is 2.54.